The Balaban J connectivity index is 2.22. The third-order valence-corrected chi connectivity index (χ3v) is 3.94. The minimum atomic E-state index is -0.713. The summed E-state index contributed by atoms with van der Waals surface area (Å²) in [7, 11) is 0. The van der Waals surface area contributed by atoms with Gasteiger partial charge in [0.15, 0.2) is 0 Å². The van der Waals surface area contributed by atoms with Crippen molar-refractivity contribution in [3.05, 3.63) is 103 Å². The molecule has 10 nitrogen and oxygen atoms in total. The Bertz CT molecular complexity index is 1050. The summed E-state index contributed by atoms with van der Waals surface area (Å²) >= 11 is 0. The monoisotopic (exact) mass is 380 g/mol. The second-order valence-corrected chi connectivity index (χ2v) is 5.63. The number of nitrogens with zero attached hydrogens (tertiary/aromatic N) is 4. The number of nitro benzene ring substituents is 3. The van der Waals surface area contributed by atoms with Crippen LogP contribution in [0.2, 0.25) is 0 Å². The summed E-state index contributed by atoms with van der Waals surface area (Å²) in [5.41, 5.74) is 0.0660. The molecule has 10 heteroatoms. The van der Waals surface area contributed by atoms with Crippen LogP contribution >= 0.6 is 0 Å². The molecule has 0 bridgehead atoms. The van der Waals surface area contributed by atoms with Crippen molar-refractivity contribution in [3.63, 3.8) is 0 Å². The van der Waals surface area contributed by atoms with Gasteiger partial charge in [-0.1, -0.05) is 18.2 Å². The summed E-state index contributed by atoms with van der Waals surface area (Å²) in [5.74, 6) is 0. The molecule has 140 valence electrons. The highest BCUT2D eigenvalue weighted by molar-refractivity contribution is 5.83. The minimum absolute atomic E-state index is 0.0932. The lowest BCUT2D eigenvalue weighted by Crippen LogP contribution is -2.12. The maximum atomic E-state index is 11.6. The minimum Gasteiger partial charge on any atom is -0.304 e. The Hall–Kier alpha value is -4.34. The second kappa shape index (κ2) is 7.50. The van der Waals surface area contributed by atoms with Gasteiger partial charge in [-0.15, -0.1) is 0 Å². The van der Waals surface area contributed by atoms with Crippen LogP contribution < -0.4 is 4.90 Å². The lowest BCUT2D eigenvalue weighted by molar-refractivity contribution is -0.393. The highest BCUT2D eigenvalue weighted by Crippen LogP contribution is 2.41. The number of hydrogen-bond acceptors (Lipinski definition) is 7. The van der Waals surface area contributed by atoms with Crippen LogP contribution in [0.15, 0.2) is 72.8 Å². The van der Waals surface area contributed by atoms with Crippen molar-refractivity contribution in [2.75, 3.05) is 4.90 Å². The summed E-state index contributed by atoms with van der Waals surface area (Å²) in [5, 5.41) is 33.5. The average Bonchev–Trinajstić information content (AvgIpc) is 2.69. The van der Waals surface area contributed by atoms with Crippen LogP contribution in [0.1, 0.15) is 0 Å². The van der Waals surface area contributed by atoms with Crippen molar-refractivity contribution < 1.29 is 14.8 Å². The summed E-state index contributed by atoms with van der Waals surface area (Å²) in [6, 6.07) is 17.4. The molecule has 0 aliphatic heterocycles. The molecule has 0 heterocycles. The fourth-order valence-electron chi connectivity index (χ4n) is 2.69. The van der Waals surface area contributed by atoms with E-state index in [0.29, 0.717) is 11.4 Å². The van der Waals surface area contributed by atoms with Gasteiger partial charge in [-0.3, -0.25) is 30.3 Å². The molecule has 0 atom stereocenters. The molecule has 0 spiro atoms. The molecule has 3 rings (SSSR count). The summed E-state index contributed by atoms with van der Waals surface area (Å²) in [6.45, 7) is 0. The number of para-hydroxylation sites is 1. The standard InChI is InChI=1S/C18H12N4O6/c23-20(24)15-8-6-14(7-9-15)19(13-4-2-1-3-5-13)17-11-10-16(21(25)26)12-18(17)22(27)28/h1-12H. The quantitative estimate of drug-likeness (QED) is 0.439. The number of nitro groups is 3. The van der Waals surface area contributed by atoms with Crippen LogP contribution in [0, 0.1) is 30.3 Å². The Morgan fingerprint density at radius 2 is 1.14 bits per heavy atom. The first-order valence-electron chi connectivity index (χ1n) is 7.91. The fourth-order valence-corrected chi connectivity index (χ4v) is 2.69. The van der Waals surface area contributed by atoms with E-state index in [9.17, 15) is 30.3 Å². The van der Waals surface area contributed by atoms with Gasteiger partial charge in [-0.05, 0) is 30.3 Å². The maximum Gasteiger partial charge on any atom is 0.300 e. The largest absolute Gasteiger partial charge is 0.304 e. The first kappa shape index (κ1) is 18.5. The normalized spacial score (nSPS) is 10.3. The predicted molar refractivity (Wildman–Crippen MR) is 101 cm³/mol. The van der Waals surface area contributed by atoms with Gasteiger partial charge in [0.05, 0.1) is 20.8 Å². The highest BCUT2D eigenvalue weighted by Gasteiger charge is 2.25. The molecule has 0 amide bonds. The summed E-state index contributed by atoms with van der Waals surface area (Å²) in [6.07, 6.45) is 0. The van der Waals surface area contributed by atoms with Gasteiger partial charge in [0.1, 0.15) is 5.69 Å². The molecule has 0 aromatic heterocycles. The van der Waals surface area contributed by atoms with Crippen molar-refractivity contribution in [2.24, 2.45) is 0 Å². The maximum absolute atomic E-state index is 11.6. The van der Waals surface area contributed by atoms with Crippen molar-refractivity contribution in [1.29, 1.82) is 0 Å². The van der Waals surface area contributed by atoms with Gasteiger partial charge >= 0.3 is 0 Å². The fraction of sp³-hybridized carbons (Fsp3) is 0. The van der Waals surface area contributed by atoms with Crippen LogP contribution in [0.3, 0.4) is 0 Å². The zero-order valence-corrected chi connectivity index (χ0v) is 14.2. The lowest BCUT2D eigenvalue weighted by atomic mass is 10.1. The van der Waals surface area contributed by atoms with E-state index in [0.717, 1.165) is 6.07 Å². The Labute approximate surface area is 157 Å². The molecule has 0 saturated carbocycles. The zero-order chi connectivity index (χ0) is 20.3. The topological polar surface area (TPSA) is 133 Å². The molecule has 3 aromatic carbocycles. The van der Waals surface area contributed by atoms with E-state index < -0.39 is 26.1 Å². The lowest BCUT2D eigenvalue weighted by Gasteiger charge is -2.24. The van der Waals surface area contributed by atoms with Crippen molar-refractivity contribution in [3.8, 4) is 0 Å². The Kier molecular flexibility index (Phi) is 4.94. The SMILES string of the molecule is O=[N+]([O-])c1ccc(N(c2ccccc2)c2ccc([N+](=O)[O-])cc2[N+](=O)[O-])cc1. The van der Waals surface area contributed by atoms with E-state index in [1.54, 1.807) is 30.3 Å². The molecule has 0 aliphatic rings. The van der Waals surface area contributed by atoms with E-state index in [1.807, 2.05) is 0 Å². The van der Waals surface area contributed by atoms with Crippen LogP contribution in [0.5, 0.6) is 0 Å². The Morgan fingerprint density at radius 1 is 0.607 bits per heavy atom. The Morgan fingerprint density at radius 3 is 1.68 bits per heavy atom. The molecule has 0 N–H and O–H groups in total. The van der Waals surface area contributed by atoms with Gasteiger partial charge in [0.25, 0.3) is 17.1 Å². The second-order valence-electron chi connectivity index (χ2n) is 5.63. The highest BCUT2D eigenvalue weighted by atomic mass is 16.6. The smallest absolute Gasteiger partial charge is 0.300 e. The number of hydrogen-bond donors (Lipinski definition) is 0. The van der Waals surface area contributed by atoms with Crippen LogP contribution in [0.25, 0.3) is 0 Å². The number of rotatable bonds is 6. The van der Waals surface area contributed by atoms with E-state index in [1.165, 1.54) is 41.3 Å². The number of non-ortho nitro benzene ring substituents is 2. The molecule has 3 aromatic rings. The number of benzene rings is 3. The van der Waals surface area contributed by atoms with Crippen molar-refractivity contribution in [2.45, 2.75) is 0 Å². The molecule has 28 heavy (non-hydrogen) atoms. The average molecular weight is 380 g/mol. The van der Waals surface area contributed by atoms with E-state index >= 15 is 0 Å². The molecule has 0 fully saturated rings. The molecule has 0 unspecified atom stereocenters. The third-order valence-electron chi connectivity index (χ3n) is 3.94. The van der Waals surface area contributed by atoms with Crippen LogP contribution in [-0.4, -0.2) is 14.8 Å². The van der Waals surface area contributed by atoms with Crippen molar-refractivity contribution >= 4 is 34.1 Å². The molecule has 0 saturated heterocycles. The molecular formula is C18H12N4O6. The van der Waals surface area contributed by atoms with E-state index in [4.69, 9.17) is 0 Å². The third kappa shape index (κ3) is 3.60. The van der Waals surface area contributed by atoms with Crippen LogP contribution in [0.4, 0.5) is 34.1 Å². The number of anilines is 3. The predicted octanol–water partition coefficient (Wildman–Crippen LogP) is 4.88. The van der Waals surface area contributed by atoms with Gasteiger partial charge < -0.3 is 4.90 Å². The molecular weight excluding hydrogens is 368 g/mol. The first-order chi connectivity index (χ1) is 13.4. The van der Waals surface area contributed by atoms with Crippen LogP contribution in [-0.2, 0) is 0 Å². The first-order valence-corrected chi connectivity index (χ1v) is 7.91. The summed E-state index contributed by atoms with van der Waals surface area (Å²) < 4.78 is 0. The molecule has 0 radical (unpaired) electrons. The van der Waals surface area contributed by atoms with E-state index in [-0.39, 0.29) is 11.4 Å². The van der Waals surface area contributed by atoms with Gasteiger partial charge in [-0.2, -0.15) is 0 Å². The van der Waals surface area contributed by atoms with Crippen molar-refractivity contribution in [1.82, 2.24) is 0 Å². The zero-order valence-electron chi connectivity index (χ0n) is 14.2. The van der Waals surface area contributed by atoms with Gasteiger partial charge in [-0.25, -0.2) is 0 Å². The van der Waals surface area contributed by atoms with Gasteiger partial charge in [0.2, 0.25) is 0 Å². The molecule has 0 aliphatic carbocycles. The summed E-state index contributed by atoms with van der Waals surface area (Å²) in [4.78, 5) is 33.0. The van der Waals surface area contributed by atoms with Gasteiger partial charge in [0, 0.05) is 29.6 Å². The van der Waals surface area contributed by atoms with E-state index in [2.05, 4.69) is 0 Å².